The maximum Gasteiger partial charge on any atom is 0.269 e. The summed E-state index contributed by atoms with van der Waals surface area (Å²) in [6.45, 7) is 12.0. The van der Waals surface area contributed by atoms with Crippen LogP contribution in [0.4, 0.5) is 5.69 Å². The lowest BCUT2D eigenvalue weighted by Gasteiger charge is -2.42. The number of anilines is 1. The first kappa shape index (κ1) is 35.0. The van der Waals surface area contributed by atoms with Gasteiger partial charge in [0.15, 0.2) is 5.65 Å². The Hall–Kier alpha value is -4.03. The monoisotopic (exact) mass is 737 g/mol. The molecule has 3 aliphatic rings. The van der Waals surface area contributed by atoms with E-state index >= 15 is 0 Å². The van der Waals surface area contributed by atoms with Crippen LogP contribution in [0.1, 0.15) is 42.4 Å². The Morgan fingerprint density at radius 1 is 0.769 bits per heavy atom. The van der Waals surface area contributed by atoms with Gasteiger partial charge in [-0.15, -0.1) is 0 Å². The topological polar surface area (TPSA) is 97.1 Å². The lowest BCUT2D eigenvalue weighted by atomic mass is 9.97. The Morgan fingerprint density at radius 3 is 2.10 bits per heavy atom. The molecular formula is C41H47N5O4S2. The quantitative estimate of drug-likeness (QED) is 0.163. The first-order valence-corrected chi connectivity index (χ1v) is 21.7. The Balaban J connectivity index is 1.17. The highest BCUT2D eigenvalue weighted by Gasteiger charge is 2.28. The second-order valence-electron chi connectivity index (χ2n) is 14.7. The van der Waals surface area contributed by atoms with Crippen LogP contribution in [0.5, 0.6) is 0 Å². The van der Waals surface area contributed by atoms with Crippen molar-refractivity contribution in [3.05, 3.63) is 95.8 Å². The highest BCUT2D eigenvalue weighted by molar-refractivity contribution is 7.93. The molecule has 0 spiro atoms. The molecule has 2 saturated heterocycles. The Morgan fingerprint density at radius 2 is 1.44 bits per heavy atom. The predicted molar refractivity (Wildman–Crippen MR) is 209 cm³/mol. The second-order valence-corrected chi connectivity index (χ2v) is 18.8. The third-order valence-corrected chi connectivity index (χ3v) is 14.6. The van der Waals surface area contributed by atoms with Gasteiger partial charge in [-0.1, -0.05) is 30.3 Å². The number of rotatable bonds is 8. The van der Waals surface area contributed by atoms with Gasteiger partial charge in [0.2, 0.25) is 0 Å². The van der Waals surface area contributed by atoms with Crippen molar-refractivity contribution >= 4 is 36.5 Å². The minimum absolute atomic E-state index is 0.181. The third kappa shape index (κ3) is 6.68. The lowest BCUT2D eigenvalue weighted by molar-refractivity contribution is 0.0321. The SMILES string of the molecule is Cc1ccccc1S(=O)(=O)n1cc(-c2ccc(S(C)(=O)=NC3CC3)cc2)c2cc(-c3cc(C)c(N4CCN(C5CCOCC5)CC4)c(C)c3)cnc21. The molecule has 1 saturated carbocycles. The van der Waals surface area contributed by atoms with Crippen molar-refractivity contribution in [2.45, 2.75) is 68.3 Å². The Kier molecular flexibility index (Phi) is 9.26. The van der Waals surface area contributed by atoms with Crippen LogP contribution < -0.4 is 4.90 Å². The van der Waals surface area contributed by atoms with E-state index in [2.05, 4.69) is 46.2 Å². The van der Waals surface area contributed by atoms with E-state index in [1.807, 2.05) is 30.3 Å². The number of pyridine rings is 1. The van der Waals surface area contributed by atoms with E-state index in [0.717, 1.165) is 92.7 Å². The maximum absolute atomic E-state index is 14.2. The average Bonchev–Trinajstić information content (AvgIpc) is 3.87. The molecule has 52 heavy (non-hydrogen) atoms. The lowest BCUT2D eigenvalue weighted by Crippen LogP contribution is -2.52. The third-order valence-electron chi connectivity index (χ3n) is 10.9. The molecule has 5 aromatic rings. The molecule has 2 aromatic heterocycles. The van der Waals surface area contributed by atoms with Crippen molar-refractivity contribution in [3.8, 4) is 22.3 Å². The molecule has 0 N–H and O–H groups in total. The Bertz CT molecular complexity index is 2350. The fourth-order valence-corrected chi connectivity index (χ4v) is 11.1. The maximum atomic E-state index is 14.2. The van der Waals surface area contributed by atoms with Gasteiger partial charge in [-0.2, -0.15) is 0 Å². The minimum Gasteiger partial charge on any atom is -0.381 e. The molecule has 1 aliphatic carbocycles. The molecule has 2 aliphatic heterocycles. The van der Waals surface area contributed by atoms with Gasteiger partial charge >= 0.3 is 0 Å². The molecule has 3 fully saturated rings. The van der Waals surface area contributed by atoms with Crippen LogP contribution in [-0.2, 0) is 24.5 Å². The van der Waals surface area contributed by atoms with Crippen molar-refractivity contribution in [2.24, 2.45) is 4.36 Å². The van der Waals surface area contributed by atoms with Crippen molar-refractivity contribution in [1.82, 2.24) is 13.9 Å². The zero-order chi connectivity index (χ0) is 36.2. The summed E-state index contributed by atoms with van der Waals surface area (Å²) in [5, 5.41) is 0.728. The van der Waals surface area contributed by atoms with E-state index in [1.165, 1.54) is 20.8 Å². The van der Waals surface area contributed by atoms with E-state index in [9.17, 15) is 12.6 Å². The molecule has 9 nitrogen and oxygen atoms in total. The van der Waals surface area contributed by atoms with Gasteiger partial charge in [-0.3, -0.25) is 4.90 Å². The number of piperazine rings is 1. The molecule has 11 heteroatoms. The molecule has 0 bridgehead atoms. The summed E-state index contributed by atoms with van der Waals surface area (Å²) >= 11 is 0. The zero-order valence-electron chi connectivity index (χ0n) is 30.4. The normalized spacial score (nSPS) is 18.8. The van der Waals surface area contributed by atoms with Crippen LogP contribution in [-0.4, -0.2) is 84.2 Å². The van der Waals surface area contributed by atoms with Crippen molar-refractivity contribution in [2.75, 3.05) is 50.5 Å². The van der Waals surface area contributed by atoms with Crippen molar-refractivity contribution in [1.29, 1.82) is 0 Å². The predicted octanol–water partition coefficient (Wildman–Crippen LogP) is 7.45. The molecular weight excluding hydrogens is 691 g/mol. The molecule has 3 aromatic carbocycles. The van der Waals surface area contributed by atoms with Gasteiger partial charge in [0.05, 0.1) is 20.7 Å². The first-order valence-electron chi connectivity index (χ1n) is 18.3. The molecule has 0 amide bonds. The van der Waals surface area contributed by atoms with Crippen molar-refractivity contribution in [3.63, 3.8) is 0 Å². The number of fused-ring (bicyclic) bond motifs is 1. The molecule has 8 rings (SSSR count). The van der Waals surface area contributed by atoms with Gasteiger partial charge in [0.25, 0.3) is 10.0 Å². The van der Waals surface area contributed by atoms with Crippen LogP contribution in [0.25, 0.3) is 33.3 Å². The minimum atomic E-state index is -3.96. The van der Waals surface area contributed by atoms with Gasteiger partial charge in [0, 0.05) is 91.2 Å². The number of hydrogen-bond donors (Lipinski definition) is 0. The van der Waals surface area contributed by atoms with Crippen LogP contribution in [0.2, 0.25) is 0 Å². The van der Waals surface area contributed by atoms with E-state index in [4.69, 9.17) is 9.72 Å². The summed E-state index contributed by atoms with van der Waals surface area (Å²) in [4.78, 5) is 10.9. The van der Waals surface area contributed by atoms with Crippen molar-refractivity contribution < 1.29 is 17.4 Å². The van der Waals surface area contributed by atoms with Gasteiger partial charge < -0.3 is 9.64 Å². The van der Waals surface area contributed by atoms with Crippen LogP contribution in [0.3, 0.4) is 0 Å². The van der Waals surface area contributed by atoms with Crippen LogP contribution in [0, 0.1) is 20.8 Å². The summed E-state index contributed by atoms with van der Waals surface area (Å²) in [6.07, 6.45) is 9.37. The fraction of sp³-hybridized carbons (Fsp3) is 0.390. The summed E-state index contributed by atoms with van der Waals surface area (Å²) < 4.78 is 53.3. The van der Waals surface area contributed by atoms with E-state index < -0.39 is 19.8 Å². The second kappa shape index (κ2) is 13.7. The number of aryl methyl sites for hydroxylation is 3. The highest BCUT2D eigenvalue weighted by atomic mass is 32.2. The van der Waals surface area contributed by atoms with Gasteiger partial charge in [-0.25, -0.2) is 25.9 Å². The van der Waals surface area contributed by atoms with E-state index in [1.54, 1.807) is 43.8 Å². The van der Waals surface area contributed by atoms with Crippen LogP contribution >= 0.6 is 0 Å². The standard InChI is InChI=1S/C41H47N5O4S2/c1-28-7-5-6-8-39(28)52(48,49)46-27-38(31-9-13-36(14-10-31)51(4,47)43-34-11-12-34)37-25-33(26-42-41(37)46)32-23-29(2)40(30(3)24-32)45-19-17-44(18-20-45)35-15-21-50-22-16-35/h5-10,13-14,23-27,34-35H,11-12,15-22H2,1-4H3. The molecule has 0 radical (unpaired) electrons. The van der Waals surface area contributed by atoms with E-state index in [-0.39, 0.29) is 10.9 Å². The molecule has 272 valence electrons. The summed E-state index contributed by atoms with van der Waals surface area (Å²) in [7, 11) is -6.48. The summed E-state index contributed by atoms with van der Waals surface area (Å²) in [5.41, 5.74) is 8.26. The smallest absolute Gasteiger partial charge is 0.269 e. The Labute approximate surface area is 307 Å². The number of hydrogen-bond acceptors (Lipinski definition) is 8. The number of ether oxygens (including phenoxy) is 1. The average molecular weight is 738 g/mol. The number of benzene rings is 3. The number of nitrogens with zero attached hydrogens (tertiary/aromatic N) is 5. The molecule has 4 heterocycles. The summed E-state index contributed by atoms with van der Waals surface area (Å²) in [6, 6.07) is 21.9. The van der Waals surface area contributed by atoms with Gasteiger partial charge in [-0.05, 0) is 111 Å². The largest absolute Gasteiger partial charge is 0.381 e. The van der Waals surface area contributed by atoms with E-state index in [0.29, 0.717) is 22.1 Å². The first-order chi connectivity index (χ1) is 25.0. The number of aromatic nitrogens is 2. The highest BCUT2D eigenvalue weighted by Crippen LogP contribution is 2.38. The van der Waals surface area contributed by atoms with Crippen LogP contribution in [0.15, 0.2) is 93.3 Å². The molecule has 1 unspecified atom stereocenters. The zero-order valence-corrected chi connectivity index (χ0v) is 32.0. The summed E-state index contributed by atoms with van der Waals surface area (Å²) in [5.74, 6) is 0. The molecule has 1 atom stereocenters. The van der Waals surface area contributed by atoms with Gasteiger partial charge in [0.1, 0.15) is 0 Å². The fourth-order valence-electron chi connectivity index (χ4n) is 8.00.